The normalized spacial score (nSPS) is 15.9. The van der Waals surface area contributed by atoms with Crippen LogP contribution in [0.3, 0.4) is 0 Å². The van der Waals surface area contributed by atoms with Crippen molar-refractivity contribution in [1.82, 2.24) is 4.90 Å². The second kappa shape index (κ2) is 7.49. The fourth-order valence-corrected chi connectivity index (χ4v) is 2.60. The Balaban J connectivity index is 2.48. The van der Waals surface area contributed by atoms with Gasteiger partial charge in [-0.25, -0.2) is 4.79 Å². The standard InChI is InChI=1S/C17H20N2O2/c1-2-21-17(20)15(13-18)16(14-9-5-3-6-10-14)19-11-7-4-8-12-19/h3,5-6,9-10H,2,4,7-8,11-12H2,1H3/b16-15-. The predicted molar refractivity (Wildman–Crippen MR) is 81.0 cm³/mol. The highest BCUT2D eigenvalue weighted by Crippen LogP contribution is 2.27. The smallest absolute Gasteiger partial charge is 0.351 e. The first-order chi connectivity index (χ1) is 10.3. The molecule has 1 saturated heterocycles. The number of nitriles is 1. The maximum atomic E-state index is 12.1. The summed E-state index contributed by atoms with van der Waals surface area (Å²) >= 11 is 0. The molecule has 0 bridgehead atoms. The molecule has 1 aromatic rings. The van der Waals surface area contributed by atoms with Crippen LogP contribution >= 0.6 is 0 Å². The molecular formula is C17H20N2O2. The zero-order chi connectivity index (χ0) is 15.1. The van der Waals surface area contributed by atoms with E-state index in [1.165, 1.54) is 6.42 Å². The van der Waals surface area contributed by atoms with Gasteiger partial charge in [-0.3, -0.25) is 0 Å². The Morgan fingerprint density at radius 3 is 2.48 bits per heavy atom. The number of esters is 1. The monoisotopic (exact) mass is 284 g/mol. The summed E-state index contributed by atoms with van der Waals surface area (Å²) < 4.78 is 5.04. The van der Waals surface area contributed by atoms with Crippen molar-refractivity contribution < 1.29 is 9.53 Å². The van der Waals surface area contributed by atoms with Gasteiger partial charge in [0.1, 0.15) is 6.07 Å². The molecule has 0 aliphatic carbocycles. The van der Waals surface area contributed by atoms with Crippen LogP contribution in [0.15, 0.2) is 35.9 Å². The maximum absolute atomic E-state index is 12.1. The SMILES string of the molecule is CCOC(=O)/C(C#N)=C(/c1ccccc1)N1CCCCC1. The van der Waals surface area contributed by atoms with Crippen LogP contribution in [-0.2, 0) is 9.53 Å². The molecule has 0 atom stereocenters. The topological polar surface area (TPSA) is 53.3 Å². The van der Waals surface area contributed by atoms with Crippen LogP contribution in [0.25, 0.3) is 5.70 Å². The summed E-state index contributed by atoms with van der Waals surface area (Å²) in [4.78, 5) is 14.2. The summed E-state index contributed by atoms with van der Waals surface area (Å²) in [6, 6.07) is 11.7. The summed E-state index contributed by atoms with van der Waals surface area (Å²) in [5.41, 5.74) is 1.70. The summed E-state index contributed by atoms with van der Waals surface area (Å²) in [5.74, 6) is -0.538. The van der Waals surface area contributed by atoms with Crippen molar-refractivity contribution in [3.8, 4) is 6.07 Å². The molecule has 0 amide bonds. The van der Waals surface area contributed by atoms with Gasteiger partial charge in [-0.15, -0.1) is 0 Å². The lowest BCUT2D eigenvalue weighted by Crippen LogP contribution is -2.30. The van der Waals surface area contributed by atoms with Crippen LogP contribution in [0.5, 0.6) is 0 Å². The highest BCUT2D eigenvalue weighted by molar-refractivity contribution is 6.01. The number of piperidine rings is 1. The lowest BCUT2D eigenvalue weighted by molar-refractivity contribution is -0.138. The number of hydrogen-bond donors (Lipinski definition) is 0. The molecule has 1 aliphatic rings. The van der Waals surface area contributed by atoms with Crippen molar-refractivity contribution >= 4 is 11.7 Å². The quantitative estimate of drug-likeness (QED) is 0.484. The molecule has 1 fully saturated rings. The van der Waals surface area contributed by atoms with Crippen molar-refractivity contribution in [3.63, 3.8) is 0 Å². The Labute approximate surface area is 125 Å². The van der Waals surface area contributed by atoms with Gasteiger partial charge in [0.2, 0.25) is 0 Å². The van der Waals surface area contributed by atoms with E-state index in [1.807, 2.05) is 36.4 Å². The van der Waals surface area contributed by atoms with E-state index in [1.54, 1.807) is 6.92 Å². The third-order valence-electron chi connectivity index (χ3n) is 3.55. The zero-order valence-corrected chi connectivity index (χ0v) is 12.3. The number of nitrogens with zero attached hydrogens (tertiary/aromatic N) is 2. The molecule has 0 unspecified atom stereocenters. The summed E-state index contributed by atoms with van der Waals surface area (Å²) in [6.45, 7) is 3.76. The summed E-state index contributed by atoms with van der Waals surface area (Å²) in [6.07, 6.45) is 3.36. The van der Waals surface area contributed by atoms with Gasteiger partial charge in [0.05, 0.1) is 12.3 Å². The van der Waals surface area contributed by atoms with Crippen molar-refractivity contribution in [2.45, 2.75) is 26.2 Å². The fourth-order valence-electron chi connectivity index (χ4n) is 2.60. The van der Waals surface area contributed by atoms with E-state index in [0.29, 0.717) is 5.70 Å². The Hall–Kier alpha value is -2.28. The van der Waals surface area contributed by atoms with E-state index in [-0.39, 0.29) is 12.2 Å². The third-order valence-corrected chi connectivity index (χ3v) is 3.55. The van der Waals surface area contributed by atoms with Crippen LogP contribution in [0, 0.1) is 11.3 Å². The molecule has 2 rings (SSSR count). The Morgan fingerprint density at radius 1 is 1.24 bits per heavy atom. The molecule has 1 aromatic carbocycles. The van der Waals surface area contributed by atoms with Gasteiger partial charge >= 0.3 is 5.97 Å². The second-order valence-electron chi connectivity index (χ2n) is 4.97. The minimum atomic E-state index is -0.538. The fraction of sp³-hybridized carbons (Fsp3) is 0.412. The minimum Gasteiger partial charge on any atom is -0.462 e. The van der Waals surface area contributed by atoms with Crippen LogP contribution in [0.2, 0.25) is 0 Å². The van der Waals surface area contributed by atoms with Crippen LogP contribution in [-0.4, -0.2) is 30.6 Å². The molecule has 1 heterocycles. The van der Waals surface area contributed by atoms with Gasteiger partial charge in [0.25, 0.3) is 0 Å². The van der Waals surface area contributed by atoms with Crippen molar-refractivity contribution in [2.24, 2.45) is 0 Å². The number of hydrogen-bond acceptors (Lipinski definition) is 4. The number of ether oxygens (including phenoxy) is 1. The van der Waals surface area contributed by atoms with Crippen LogP contribution in [0.4, 0.5) is 0 Å². The van der Waals surface area contributed by atoms with Gasteiger partial charge < -0.3 is 9.64 Å². The lowest BCUT2D eigenvalue weighted by atomic mass is 10.0. The number of likely N-dealkylation sites (tertiary alicyclic amines) is 1. The van der Waals surface area contributed by atoms with Gasteiger partial charge in [0, 0.05) is 13.1 Å². The molecular weight excluding hydrogens is 264 g/mol. The Bertz CT molecular complexity index is 552. The van der Waals surface area contributed by atoms with E-state index in [0.717, 1.165) is 31.5 Å². The number of rotatable bonds is 4. The molecule has 0 N–H and O–H groups in total. The zero-order valence-electron chi connectivity index (χ0n) is 12.3. The van der Waals surface area contributed by atoms with E-state index in [2.05, 4.69) is 4.90 Å². The molecule has 1 aliphatic heterocycles. The van der Waals surface area contributed by atoms with E-state index < -0.39 is 5.97 Å². The number of carbonyl (C=O) groups excluding carboxylic acids is 1. The van der Waals surface area contributed by atoms with Crippen molar-refractivity contribution in [2.75, 3.05) is 19.7 Å². The molecule has 0 aromatic heterocycles. The minimum absolute atomic E-state index is 0.102. The summed E-state index contributed by atoms with van der Waals surface area (Å²) in [5, 5.41) is 9.45. The first kappa shape index (κ1) is 15.1. The first-order valence-electron chi connectivity index (χ1n) is 7.39. The largest absolute Gasteiger partial charge is 0.462 e. The summed E-state index contributed by atoms with van der Waals surface area (Å²) in [7, 11) is 0. The first-order valence-corrected chi connectivity index (χ1v) is 7.39. The van der Waals surface area contributed by atoms with Crippen molar-refractivity contribution in [1.29, 1.82) is 5.26 Å². The highest BCUT2D eigenvalue weighted by atomic mass is 16.5. The molecule has 4 nitrogen and oxygen atoms in total. The van der Waals surface area contributed by atoms with Gasteiger partial charge in [-0.1, -0.05) is 30.3 Å². The second-order valence-corrected chi connectivity index (χ2v) is 4.97. The van der Waals surface area contributed by atoms with Gasteiger partial charge in [0.15, 0.2) is 5.57 Å². The van der Waals surface area contributed by atoms with Gasteiger partial charge in [-0.2, -0.15) is 5.26 Å². The maximum Gasteiger partial charge on any atom is 0.351 e. The predicted octanol–water partition coefficient (Wildman–Crippen LogP) is 2.97. The molecule has 4 heteroatoms. The molecule has 110 valence electrons. The van der Waals surface area contributed by atoms with Crippen LogP contribution < -0.4 is 0 Å². The average molecular weight is 284 g/mol. The molecule has 21 heavy (non-hydrogen) atoms. The van der Waals surface area contributed by atoms with Crippen LogP contribution in [0.1, 0.15) is 31.7 Å². The van der Waals surface area contributed by atoms with Gasteiger partial charge in [-0.05, 0) is 31.7 Å². The van der Waals surface area contributed by atoms with E-state index in [4.69, 9.17) is 4.74 Å². The third kappa shape index (κ3) is 3.63. The number of carbonyl (C=O) groups is 1. The average Bonchev–Trinajstić information content (AvgIpc) is 2.54. The lowest BCUT2D eigenvalue weighted by Gasteiger charge is -2.31. The molecule has 0 spiro atoms. The Morgan fingerprint density at radius 2 is 1.90 bits per heavy atom. The van der Waals surface area contributed by atoms with E-state index >= 15 is 0 Å². The highest BCUT2D eigenvalue weighted by Gasteiger charge is 2.24. The molecule has 0 saturated carbocycles. The Kier molecular flexibility index (Phi) is 5.39. The van der Waals surface area contributed by atoms with E-state index in [9.17, 15) is 10.1 Å². The number of benzene rings is 1. The van der Waals surface area contributed by atoms with Crippen molar-refractivity contribution in [3.05, 3.63) is 41.5 Å². The molecule has 0 radical (unpaired) electrons.